The molecule has 1 aromatic rings. The Morgan fingerprint density at radius 1 is 1.45 bits per heavy atom. The normalized spacial score (nSPS) is 26.5. The van der Waals surface area contributed by atoms with Gasteiger partial charge >= 0.3 is 5.97 Å². The number of fused-ring (bicyclic) bond motifs is 3. The molecule has 2 aliphatic carbocycles. The van der Waals surface area contributed by atoms with Gasteiger partial charge in [0, 0.05) is 17.2 Å². The van der Waals surface area contributed by atoms with Crippen LogP contribution < -0.4 is 0 Å². The molecule has 1 fully saturated rings. The van der Waals surface area contributed by atoms with Crippen LogP contribution in [-0.2, 0) is 6.42 Å². The number of rotatable bonds is 5. The molecule has 1 aromatic heterocycles. The van der Waals surface area contributed by atoms with Crippen LogP contribution in [0.3, 0.4) is 0 Å². The number of carbonyl (C=O) groups is 1. The monoisotopic (exact) mass is 302 g/mol. The first-order valence-corrected chi connectivity index (χ1v) is 8.23. The minimum atomic E-state index is -0.914. The summed E-state index contributed by atoms with van der Waals surface area (Å²) in [6.07, 6.45) is 10.5. The molecule has 4 heteroatoms. The van der Waals surface area contributed by atoms with E-state index in [1.807, 2.05) is 26.8 Å². The Bertz CT molecular complexity index is 586. The third-order valence-corrected chi connectivity index (χ3v) is 4.59. The average molecular weight is 302 g/mol. The topological polar surface area (TPSA) is 66.0 Å². The molecule has 1 saturated carbocycles. The molecular formula is C18H26N2O2. The Morgan fingerprint density at radius 2 is 2.18 bits per heavy atom. The van der Waals surface area contributed by atoms with E-state index in [0.717, 1.165) is 17.7 Å². The van der Waals surface area contributed by atoms with E-state index >= 15 is 0 Å². The Balaban J connectivity index is 0.000000847. The van der Waals surface area contributed by atoms with Crippen molar-refractivity contribution in [3.05, 3.63) is 41.3 Å². The van der Waals surface area contributed by atoms with Gasteiger partial charge in [-0.3, -0.25) is 5.10 Å². The molecule has 4 atom stereocenters. The van der Waals surface area contributed by atoms with Gasteiger partial charge in [0.1, 0.15) is 0 Å². The van der Waals surface area contributed by atoms with Crippen LogP contribution in [0.5, 0.6) is 0 Å². The Labute approximate surface area is 132 Å². The molecule has 0 radical (unpaired) electrons. The standard InChI is InChI=1S/C16H20N2O2.C2H6/c1-3-4-5-6-9(2)7-10-11-8-12-14(13(10)11)17-18-15(12)16(19)20;1-2/h3-6,9-11,13H,7-8H2,1-2H3,(H,17,18)(H,19,20);1-2H3/b4-3-,6-5-;. The highest BCUT2D eigenvalue weighted by molar-refractivity contribution is 5.87. The number of hydrogen-bond donors (Lipinski definition) is 2. The molecule has 120 valence electrons. The molecule has 0 saturated heterocycles. The van der Waals surface area contributed by atoms with Gasteiger partial charge in [0.05, 0.1) is 0 Å². The first kappa shape index (κ1) is 16.5. The van der Waals surface area contributed by atoms with Crippen LogP contribution in [0.2, 0.25) is 0 Å². The quantitative estimate of drug-likeness (QED) is 0.802. The van der Waals surface area contributed by atoms with Gasteiger partial charge in [-0.2, -0.15) is 5.10 Å². The predicted octanol–water partition coefficient (Wildman–Crippen LogP) is 4.18. The number of aromatic nitrogens is 2. The van der Waals surface area contributed by atoms with Crippen molar-refractivity contribution in [1.29, 1.82) is 0 Å². The number of aromatic carboxylic acids is 1. The lowest BCUT2D eigenvalue weighted by Crippen LogP contribution is -2.03. The molecule has 2 aliphatic rings. The lowest BCUT2D eigenvalue weighted by molar-refractivity contribution is 0.0689. The first-order chi connectivity index (χ1) is 10.6. The van der Waals surface area contributed by atoms with Gasteiger partial charge in [-0.25, -0.2) is 4.79 Å². The summed E-state index contributed by atoms with van der Waals surface area (Å²) in [6.45, 7) is 8.25. The summed E-state index contributed by atoms with van der Waals surface area (Å²) in [5, 5.41) is 16.0. The van der Waals surface area contributed by atoms with Crippen molar-refractivity contribution in [2.45, 2.75) is 46.5 Å². The van der Waals surface area contributed by atoms with Gasteiger partial charge in [0.25, 0.3) is 0 Å². The molecule has 0 spiro atoms. The molecule has 4 nitrogen and oxygen atoms in total. The number of carboxylic acids is 1. The SMILES string of the molecule is C/C=C\C=C/C(C)CC1C2Cc3c(C(=O)O)n[nH]c3C21.CC. The molecule has 0 amide bonds. The summed E-state index contributed by atoms with van der Waals surface area (Å²) >= 11 is 0. The van der Waals surface area contributed by atoms with Gasteiger partial charge in [-0.1, -0.05) is 45.1 Å². The van der Waals surface area contributed by atoms with Crippen LogP contribution in [0.15, 0.2) is 24.3 Å². The molecule has 2 N–H and O–H groups in total. The van der Waals surface area contributed by atoms with Crippen molar-refractivity contribution in [3.8, 4) is 0 Å². The fraction of sp³-hybridized carbons (Fsp3) is 0.556. The average Bonchev–Trinajstić information content (AvgIpc) is 2.87. The maximum atomic E-state index is 11.1. The fourth-order valence-corrected chi connectivity index (χ4v) is 3.62. The van der Waals surface area contributed by atoms with E-state index in [-0.39, 0.29) is 5.69 Å². The number of carboxylic acid groups (broad SMARTS) is 1. The van der Waals surface area contributed by atoms with E-state index in [0.29, 0.717) is 23.7 Å². The molecule has 3 rings (SSSR count). The number of nitrogens with one attached hydrogen (secondary N) is 1. The predicted molar refractivity (Wildman–Crippen MR) is 88.1 cm³/mol. The van der Waals surface area contributed by atoms with Crippen molar-refractivity contribution in [2.75, 3.05) is 0 Å². The van der Waals surface area contributed by atoms with E-state index in [4.69, 9.17) is 5.11 Å². The summed E-state index contributed by atoms with van der Waals surface area (Å²) in [4.78, 5) is 11.1. The minimum Gasteiger partial charge on any atom is -0.476 e. The van der Waals surface area contributed by atoms with E-state index < -0.39 is 5.97 Å². The zero-order valence-electron chi connectivity index (χ0n) is 13.8. The van der Waals surface area contributed by atoms with E-state index in [2.05, 4.69) is 35.3 Å². The Kier molecular flexibility index (Phi) is 5.22. The highest BCUT2D eigenvalue weighted by Crippen LogP contribution is 2.63. The number of aromatic amines is 1. The smallest absolute Gasteiger partial charge is 0.356 e. The largest absolute Gasteiger partial charge is 0.476 e. The van der Waals surface area contributed by atoms with Gasteiger partial charge in [0.2, 0.25) is 0 Å². The van der Waals surface area contributed by atoms with Gasteiger partial charge in [-0.05, 0) is 37.5 Å². The highest BCUT2D eigenvalue weighted by atomic mass is 16.4. The summed E-state index contributed by atoms with van der Waals surface area (Å²) in [5.74, 6) is 1.49. The summed E-state index contributed by atoms with van der Waals surface area (Å²) < 4.78 is 0. The third kappa shape index (κ3) is 3.01. The van der Waals surface area contributed by atoms with E-state index in [1.54, 1.807) is 0 Å². The van der Waals surface area contributed by atoms with Crippen molar-refractivity contribution in [3.63, 3.8) is 0 Å². The van der Waals surface area contributed by atoms with Crippen molar-refractivity contribution in [1.82, 2.24) is 10.2 Å². The third-order valence-electron chi connectivity index (χ3n) is 4.59. The molecule has 1 heterocycles. The van der Waals surface area contributed by atoms with Crippen LogP contribution in [-0.4, -0.2) is 21.3 Å². The van der Waals surface area contributed by atoms with Crippen molar-refractivity contribution in [2.24, 2.45) is 17.8 Å². The number of hydrogen-bond acceptors (Lipinski definition) is 2. The Hall–Kier alpha value is -1.84. The van der Waals surface area contributed by atoms with Crippen LogP contribution in [0.25, 0.3) is 0 Å². The van der Waals surface area contributed by atoms with Gasteiger partial charge in [0.15, 0.2) is 5.69 Å². The lowest BCUT2D eigenvalue weighted by Gasteiger charge is -2.07. The first-order valence-electron chi connectivity index (χ1n) is 8.23. The number of H-pyrrole nitrogens is 1. The second kappa shape index (κ2) is 6.95. The lowest BCUT2D eigenvalue weighted by atomic mass is 9.97. The number of allylic oxidation sites excluding steroid dienone is 4. The summed E-state index contributed by atoms with van der Waals surface area (Å²) in [6, 6.07) is 0. The van der Waals surface area contributed by atoms with Crippen LogP contribution in [0.1, 0.15) is 61.8 Å². The van der Waals surface area contributed by atoms with Crippen molar-refractivity contribution < 1.29 is 9.90 Å². The minimum absolute atomic E-state index is 0.229. The fourth-order valence-electron chi connectivity index (χ4n) is 3.62. The second-order valence-electron chi connectivity index (χ2n) is 5.95. The maximum Gasteiger partial charge on any atom is 0.356 e. The van der Waals surface area contributed by atoms with Crippen LogP contribution in [0, 0.1) is 17.8 Å². The summed E-state index contributed by atoms with van der Waals surface area (Å²) in [5.41, 5.74) is 2.26. The molecule has 0 bridgehead atoms. The maximum absolute atomic E-state index is 11.1. The molecule has 4 unspecified atom stereocenters. The van der Waals surface area contributed by atoms with Gasteiger partial charge in [-0.15, -0.1) is 0 Å². The van der Waals surface area contributed by atoms with Crippen molar-refractivity contribution >= 4 is 5.97 Å². The molecular weight excluding hydrogens is 276 g/mol. The Morgan fingerprint density at radius 3 is 2.82 bits per heavy atom. The van der Waals surface area contributed by atoms with E-state index in [9.17, 15) is 4.79 Å². The van der Waals surface area contributed by atoms with Gasteiger partial charge < -0.3 is 5.11 Å². The van der Waals surface area contributed by atoms with Crippen LogP contribution in [0.4, 0.5) is 0 Å². The number of nitrogens with zero attached hydrogens (tertiary/aromatic N) is 1. The zero-order chi connectivity index (χ0) is 16.3. The second-order valence-corrected chi connectivity index (χ2v) is 5.95. The molecule has 0 aliphatic heterocycles. The molecule has 0 aromatic carbocycles. The highest BCUT2D eigenvalue weighted by Gasteiger charge is 2.57. The van der Waals surface area contributed by atoms with Crippen LogP contribution >= 0.6 is 0 Å². The summed E-state index contributed by atoms with van der Waals surface area (Å²) in [7, 11) is 0. The zero-order valence-corrected chi connectivity index (χ0v) is 13.8. The van der Waals surface area contributed by atoms with E-state index in [1.165, 1.54) is 6.42 Å². The molecule has 22 heavy (non-hydrogen) atoms.